The van der Waals surface area contributed by atoms with Gasteiger partial charge in [-0.15, -0.1) is 11.3 Å². The predicted molar refractivity (Wildman–Crippen MR) is 121 cm³/mol. The van der Waals surface area contributed by atoms with Gasteiger partial charge in [0.1, 0.15) is 15.7 Å². The maximum atomic E-state index is 12.6. The zero-order chi connectivity index (χ0) is 22.8. The largest absolute Gasteiger partial charge is 0.452 e. The number of primary amides is 1. The van der Waals surface area contributed by atoms with Gasteiger partial charge in [0.25, 0.3) is 11.8 Å². The monoisotopic (exact) mass is 472 g/mol. The molecule has 3 aromatic rings. The molecule has 1 aliphatic rings. The summed E-state index contributed by atoms with van der Waals surface area (Å²) in [5.74, 6) is -1.89. The van der Waals surface area contributed by atoms with Gasteiger partial charge in [0, 0.05) is 4.88 Å². The van der Waals surface area contributed by atoms with Gasteiger partial charge >= 0.3 is 5.97 Å². The lowest BCUT2D eigenvalue weighted by atomic mass is 10.1. The Kier molecular flexibility index (Phi) is 6.29. The lowest BCUT2D eigenvalue weighted by molar-refractivity contribution is -0.119. The summed E-state index contributed by atoms with van der Waals surface area (Å²) in [5.41, 5.74) is 8.25. The Labute approximate surface area is 193 Å². The maximum absolute atomic E-state index is 12.6. The van der Waals surface area contributed by atoms with Crippen LogP contribution >= 0.6 is 22.9 Å². The third-order valence-electron chi connectivity index (χ3n) is 5.20. The van der Waals surface area contributed by atoms with Gasteiger partial charge in [0.2, 0.25) is 0 Å². The van der Waals surface area contributed by atoms with Gasteiger partial charge < -0.3 is 15.8 Å². The number of benzene rings is 1. The van der Waals surface area contributed by atoms with E-state index in [1.54, 1.807) is 6.92 Å². The Morgan fingerprint density at radius 2 is 1.97 bits per heavy atom. The van der Waals surface area contributed by atoms with Crippen LogP contribution in [0.2, 0.25) is 5.15 Å². The molecule has 2 amide bonds. The fourth-order valence-electron chi connectivity index (χ4n) is 3.77. The van der Waals surface area contributed by atoms with Crippen molar-refractivity contribution in [3.63, 3.8) is 0 Å². The number of aryl methyl sites for hydroxylation is 2. The molecule has 4 rings (SSSR count). The van der Waals surface area contributed by atoms with Crippen LogP contribution in [0.4, 0.5) is 5.00 Å². The van der Waals surface area contributed by atoms with E-state index in [1.165, 1.54) is 16.0 Å². The molecule has 0 saturated carbocycles. The van der Waals surface area contributed by atoms with Crippen molar-refractivity contribution in [3.8, 4) is 0 Å². The zero-order valence-corrected chi connectivity index (χ0v) is 18.9. The van der Waals surface area contributed by atoms with Crippen molar-refractivity contribution < 1.29 is 19.1 Å². The van der Waals surface area contributed by atoms with Gasteiger partial charge in [-0.2, -0.15) is 5.10 Å². The number of carbonyl (C=O) groups is 3. The van der Waals surface area contributed by atoms with Crippen LogP contribution in [0.25, 0.3) is 0 Å². The number of nitrogens with zero attached hydrogens (tertiary/aromatic N) is 2. The molecule has 0 bridgehead atoms. The Balaban J connectivity index is 1.41. The first-order chi connectivity index (χ1) is 15.3. The molecule has 0 spiro atoms. The van der Waals surface area contributed by atoms with E-state index in [9.17, 15) is 14.4 Å². The molecule has 2 aromatic heterocycles. The maximum Gasteiger partial charge on any atom is 0.343 e. The van der Waals surface area contributed by atoms with E-state index in [0.29, 0.717) is 22.8 Å². The standard InChI is InChI=1S/C22H21ClN4O4S/c1-12-17(19(23)27(26-12)10-13-6-3-2-4-7-13)22(30)31-11-16(28)25-21-18(20(24)29)14-8-5-9-15(14)32-21/h2-4,6-7H,5,8-11H2,1H3,(H2,24,29)(H,25,28). The second kappa shape index (κ2) is 9.13. The Morgan fingerprint density at radius 3 is 2.69 bits per heavy atom. The van der Waals surface area contributed by atoms with Crippen LogP contribution < -0.4 is 11.1 Å². The third kappa shape index (κ3) is 4.39. The van der Waals surface area contributed by atoms with E-state index in [2.05, 4.69) is 10.4 Å². The fraction of sp³-hybridized carbons (Fsp3) is 0.273. The number of anilines is 1. The molecule has 0 fully saturated rings. The normalized spacial score (nSPS) is 12.4. The van der Waals surface area contributed by atoms with E-state index in [1.807, 2.05) is 30.3 Å². The van der Waals surface area contributed by atoms with Gasteiger partial charge in [-0.25, -0.2) is 9.48 Å². The third-order valence-corrected chi connectivity index (χ3v) is 6.79. The molecular weight excluding hydrogens is 452 g/mol. The number of hydrogen-bond donors (Lipinski definition) is 2. The van der Waals surface area contributed by atoms with E-state index in [4.69, 9.17) is 22.1 Å². The second-order valence-corrected chi connectivity index (χ2v) is 8.91. The van der Waals surface area contributed by atoms with Crippen molar-refractivity contribution >= 4 is 45.7 Å². The molecule has 0 unspecified atom stereocenters. The minimum absolute atomic E-state index is 0.114. The highest BCUT2D eigenvalue weighted by atomic mass is 35.5. The zero-order valence-electron chi connectivity index (χ0n) is 17.3. The molecule has 1 aliphatic carbocycles. The molecule has 0 aliphatic heterocycles. The summed E-state index contributed by atoms with van der Waals surface area (Å²) in [7, 11) is 0. The molecule has 1 aromatic carbocycles. The molecule has 166 valence electrons. The number of carbonyl (C=O) groups excluding carboxylic acids is 3. The lowest BCUT2D eigenvalue weighted by Gasteiger charge is -2.07. The van der Waals surface area contributed by atoms with Crippen molar-refractivity contribution in [2.45, 2.75) is 32.7 Å². The predicted octanol–water partition coefficient (Wildman–Crippen LogP) is 3.34. The number of rotatable bonds is 7. The number of aromatic nitrogens is 2. The van der Waals surface area contributed by atoms with Gasteiger partial charge in [0.15, 0.2) is 6.61 Å². The summed E-state index contributed by atoms with van der Waals surface area (Å²) in [6, 6.07) is 9.56. The van der Waals surface area contributed by atoms with Gasteiger partial charge in [-0.1, -0.05) is 41.9 Å². The number of nitrogens with one attached hydrogen (secondary N) is 1. The molecule has 32 heavy (non-hydrogen) atoms. The summed E-state index contributed by atoms with van der Waals surface area (Å²) < 4.78 is 6.67. The summed E-state index contributed by atoms with van der Waals surface area (Å²) in [6.45, 7) is 1.52. The van der Waals surface area contributed by atoms with Crippen LogP contribution in [-0.4, -0.2) is 34.2 Å². The van der Waals surface area contributed by atoms with E-state index < -0.39 is 24.4 Å². The van der Waals surface area contributed by atoms with Crippen LogP contribution in [0.1, 0.15) is 48.8 Å². The highest BCUT2D eigenvalue weighted by Crippen LogP contribution is 2.38. The number of nitrogens with two attached hydrogens (primary N) is 1. The minimum atomic E-state index is -0.745. The average Bonchev–Trinajstić information content (AvgIpc) is 3.40. The van der Waals surface area contributed by atoms with Crippen LogP contribution in [-0.2, 0) is 28.9 Å². The molecule has 3 N–H and O–H groups in total. The first-order valence-corrected chi connectivity index (χ1v) is 11.2. The SMILES string of the molecule is Cc1nn(Cc2ccccc2)c(Cl)c1C(=O)OCC(=O)Nc1sc2c(c1C(N)=O)CCC2. The molecule has 2 heterocycles. The molecule has 0 saturated heterocycles. The van der Waals surface area contributed by atoms with Crippen molar-refractivity contribution in [1.29, 1.82) is 0 Å². The number of hydrogen-bond acceptors (Lipinski definition) is 6. The first-order valence-electron chi connectivity index (χ1n) is 10.0. The minimum Gasteiger partial charge on any atom is -0.452 e. The molecule has 10 heteroatoms. The van der Waals surface area contributed by atoms with E-state index in [-0.39, 0.29) is 10.7 Å². The van der Waals surface area contributed by atoms with E-state index >= 15 is 0 Å². The van der Waals surface area contributed by atoms with Crippen molar-refractivity contribution in [2.75, 3.05) is 11.9 Å². The molecule has 0 radical (unpaired) electrons. The number of halogens is 1. The quantitative estimate of drug-likeness (QED) is 0.511. The molecule has 8 nitrogen and oxygen atoms in total. The first kappa shape index (κ1) is 22.0. The van der Waals surface area contributed by atoms with E-state index in [0.717, 1.165) is 35.3 Å². The summed E-state index contributed by atoms with van der Waals surface area (Å²) in [4.78, 5) is 37.9. The number of fused-ring (bicyclic) bond motifs is 1. The Morgan fingerprint density at radius 1 is 1.22 bits per heavy atom. The van der Waals surface area contributed by atoms with Gasteiger partial charge in [-0.3, -0.25) is 9.59 Å². The molecular formula is C22H21ClN4O4S. The lowest BCUT2D eigenvalue weighted by Crippen LogP contribution is -2.23. The van der Waals surface area contributed by atoms with Crippen LogP contribution in [0, 0.1) is 6.92 Å². The highest BCUT2D eigenvalue weighted by molar-refractivity contribution is 7.17. The smallest absolute Gasteiger partial charge is 0.343 e. The van der Waals surface area contributed by atoms with Crippen molar-refractivity contribution in [2.24, 2.45) is 5.73 Å². The Hall–Kier alpha value is -3.17. The topological polar surface area (TPSA) is 116 Å². The van der Waals surface area contributed by atoms with Crippen LogP contribution in [0.5, 0.6) is 0 Å². The number of ether oxygens (including phenoxy) is 1. The number of esters is 1. The highest BCUT2D eigenvalue weighted by Gasteiger charge is 2.27. The van der Waals surface area contributed by atoms with Gasteiger partial charge in [-0.05, 0) is 37.3 Å². The fourth-order valence-corrected chi connectivity index (χ4v) is 5.39. The van der Waals surface area contributed by atoms with Crippen molar-refractivity contribution in [1.82, 2.24) is 9.78 Å². The van der Waals surface area contributed by atoms with Crippen LogP contribution in [0.15, 0.2) is 30.3 Å². The van der Waals surface area contributed by atoms with Crippen LogP contribution in [0.3, 0.4) is 0 Å². The summed E-state index contributed by atoms with van der Waals surface area (Å²) >= 11 is 7.70. The summed E-state index contributed by atoms with van der Waals surface area (Å²) in [5, 5.41) is 7.49. The molecule has 0 atom stereocenters. The van der Waals surface area contributed by atoms with Gasteiger partial charge in [0.05, 0.1) is 17.8 Å². The van der Waals surface area contributed by atoms with Crippen molar-refractivity contribution in [3.05, 3.63) is 68.3 Å². The Bertz CT molecular complexity index is 1200. The number of thiophene rings is 1. The number of amides is 2. The second-order valence-electron chi connectivity index (χ2n) is 7.44. The summed E-state index contributed by atoms with van der Waals surface area (Å²) in [6.07, 6.45) is 2.58. The average molecular weight is 473 g/mol.